The number of fused-ring (bicyclic) bond motifs is 5. The Bertz CT molecular complexity index is 2850. The Morgan fingerprint density at radius 1 is 0.947 bits per heavy atom. The molecule has 0 spiro atoms. The Morgan fingerprint density at radius 2 is 1.67 bits per heavy atom. The second-order valence-corrected chi connectivity index (χ2v) is 21.4. The molecule has 402 valence electrons. The van der Waals surface area contributed by atoms with E-state index in [1.54, 1.807) is 67.1 Å². The molecule has 21 nitrogen and oxygen atoms in total. The summed E-state index contributed by atoms with van der Waals surface area (Å²) in [5, 5.41) is 20.2. The molecule has 0 aliphatic carbocycles. The van der Waals surface area contributed by atoms with Gasteiger partial charge >= 0.3 is 244 Å². The standard InChI is InChI=1S/C52H66BIN9O12/c1-7-34-35-25-33(19-20-39(35)58-44-36(34)27-63-41(44)26-38-37(47(63)67)29-73-48(68)52(38,72)8-2)75-51(71)62(6)24-23-61(5)50(70)74-28-31-15-17-32(18-16-31)57-45(65)40(13-12-22-56-49(55)69)59-46(66)43(30(3)4)54-60-42(64)14-10-9-11-21-53/h15-20,25-26,30,40,43,72H,7-14,21-24,27-29H2,1-6H3,(H,57,65)(H,59,66)(H,60,64)(H3,55,56,69)/q-1/t40-,43-,52-/m0/s1. The number of cyclic esters (lactones) is 1. The maximum absolute atomic E-state index is 13.7. The number of urea groups is 1. The zero-order valence-corrected chi connectivity index (χ0v) is 45.4. The molecule has 75 heavy (non-hydrogen) atoms. The molecule has 0 unspecified atom stereocenters. The van der Waals surface area contributed by atoms with E-state index in [0.29, 0.717) is 60.2 Å². The van der Waals surface area contributed by atoms with Gasteiger partial charge in [0.1, 0.15) is 12.4 Å². The topological polar surface area (TPSA) is 283 Å². The van der Waals surface area contributed by atoms with Crippen LogP contribution in [-0.2, 0) is 60.4 Å². The van der Waals surface area contributed by atoms with Gasteiger partial charge in [0.15, 0.2) is 5.60 Å². The normalized spacial score (nSPS) is 15.2. The van der Waals surface area contributed by atoms with Crippen LogP contribution in [0.15, 0.2) is 53.3 Å². The minimum atomic E-state index is -1.94. The summed E-state index contributed by atoms with van der Waals surface area (Å²) in [5.74, 6) is -1.59. The van der Waals surface area contributed by atoms with E-state index >= 15 is 0 Å². The Morgan fingerprint density at radius 3 is 2.33 bits per heavy atom. The molecule has 2 aliphatic rings. The van der Waals surface area contributed by atoms with Gasteiger partial charge < -0.3 is 28.9 Å². The van der Waals surface area contributed by atoms with Gasteiger partial charge in [0.2, 0.25) is 0 Å². The number of carbonyl (C=O) groups excluding carboxylic acids is 7. The minimum absolute atomic E-state index is 0.0317. The zero-order valence-electron chi connectivity index (χ0n) is 43.2. The van der Waals surface area contributed by atoms with E-state index in [2.05, 4.69) is 19.5 Å². The first kappa shape index (κ1) is 57.5. The molecule has 2 aliphatic heterocycles. The van der Waals surface area contributed by atoms with E-state index in [0.717, 1.165) is 29.4 Å². The van der Waals surface area contributed by atoms with Crippen molar-refractivity contribution >= 4 is 66.3 Å². The second-order valence-electron chi connectivity index (χ2n) is 18.9. The van der Waals surface area contributed by atoms with Crippen LogP contribution in [0.1, 0.15) is 100 Å². The summed E-state index contributed by atoms with van der Waals surface area (Å²) in [5.41, 5.74) is 7.81. The van der Waals surface area contributed by atoms with Gasteiger partial charge in [-0.3, -0.25) is 4.79 Å². The summed E-state index contributed by atoms with van der Waals surface area (Å²) in [6.07, 6.45) is 3.13. The fourth-order valence-electron chi connectivity index (χ4n) is 8.73. The number of nitrogens with two attached hydrogens (primary N) is 1. The number of aromatic nitrogens is 2. The first-order valence-corrected chi connectivity index (χ1v) is 27.4. The van der Waals surface area contributed by atoms with Crippen molar-refractivity contribution in [2.75, 3.05) is 39.0 Å². The molecule has 0 saturated heterocycles. The van der Waals surface area contributed by atoms with Crippen LogP contribution in [-0.4, -0.2) is 118 Å². The summed E-state index contributed by atoms with van der Waals surface area (Å²) >= 11 is -1.09. The number of carbonyl (C=O) groups is 7. The van der Waals surface area contributed by atoms with Crippen LogP contribution >= 0.6 is 0 Å². The third-order valence-electron chi connectivity index (χ3n) is 13.1. The number of primary amides is 1. The van der Waals surface area contributed by atoms with E-state index in [4.69, 9.17) is 32.8 Å². The Hall–Kier alpha value is -6.76. The SMILES string of the molecule is [B]CCCCCC(=O)N[I-][C@H](C(=O)N[C@@H](CCCNC(N)=O)C(=O)Nc1ccc(COC(=O)N(C)CCN(C)C(=O)Oc2ccc3nc4c(c(CC)c3c2)Cn2c-4cc3c(c2=O)COC(=O)[C@]3(O)CC)cc1)C(C)C. The molecule has 0 fully saturated rings. The van der Waals surface area contributed by atoms with E-state index in [1.165, 1.54) is 16.8 Å². The average molecular weight is 1150 g/mol. The van der Waals surface area contributed by atoms with Gasteiger partial charge in [-0.25, -0.2) is 19.4 Å². The molecule has 23 heteroatoms. The molecule has 6 rings (SSSR count). The average Bonchev–Trinajstić information content (AvgIpc) is 3.75. The number of amides is 7. The van der Waals surface area contributed by atoms with Crippen molar-refractivity contribution in [1.29, 1.82) is 0 Å². The van der Waals surface area contributed by atoms with Crippen molar-refractivity contribution < 1.29 is 74.4 Å². The number of nitrogens with one attached hydrogen (secondary N) is 4. The zero-order chi connectivity index (χ0) is 54.6. The molecule has 2 aromatic heterocycles. The van der Waals surface area contributed by atoms with Crippen molar-refractivity contribution in [3.63, 3.8) is 0 Å². The quantitative estimate of drug-likeness (QED) is 0.0128. The number of pyridine rings is 2. The van der Waals surface area contributed by atoms with Gasteiger partial charge in [-0.15, -0.1) is 0 Å². The van der Waals surface area contributed by atoms with Gasteiger partial charge in [-0.05, 0) is 42.7 Å². The summed E-state index contributed by atoms with van der Waals surface area (Å²) < 4.78 is 20.5. The number of ether oxygens (including phenoxy) is 3. The molecular formula is C52H66BIN9O12-. The van der Waals surface area contributed by atoms with Gasteiger partial charge in [-0.2, -0.15) is 0 Å². The van der Waals surface area contributed by atoms with Gasteiger partial charge in [-0.1, -0.05) is 13.8 Å². The molecule has 0 saturated carbocycles. The summed E-state index contributed by atoms with van der Waals surface area (Å²) in [6.45, 7) is 7.72. The fraction of sp³-hybridized carbons (Fsp3) is 0.481. The number of benzene rings is 2. The van der Waals surface area contributed by atoms with E-state index in [-0.39, 0.29) is 92.4 Å². The van der Waals surface area contributed by atoms with Crippen molar-refractivity contribution in [3.8, 4) is 17.1 Å². The number of likely N-dealkylation sites (N-methyl/N-ethyl adjacent to an activating group) is 2. The molecule has 4 heterocycles. The number of nitrogens with zero attached hydrogens (tertiary/aromatic N) is 4. The van der Waals surface area contributed by atoms with Gasteiger partial charge in [0, 0.05) is 43.7 Å². The third-order valence-corrected chi connectivity index (χ3v) is 16.7. The number of aliphatic hydroxyl groups is 1. The predicted octanol–water partition coefficient (Wildman–Crippen LogP) is 1.51. The molecule has 2 radical (unpaired) electrons. The fourth-order valence-corrected chi connectivity index (χ4v) is 10.9. The number of unbranched alkanes of at least 4 members (excludes halogenated alkanes) is 2. The number of hydrogen-bond acceptors (Lipinski definition) is 13. The number of esters is 1. The molecular weight excluding hydrogens is 1080 g/mol. The van der Waals surface area contributed by atoms with Crippen LogP contribution < -0.4 is 57.0 Å². The van der Waals surface area contributed by atoms with Crippen LogP contribution in [0.25, 0.3) is 22.3 Å². The number of aryl methyl sites for hydroxylation is 1. The molecule has 7 N–H and O–H groups in total. The molecule has 3 atom stereocenters. The van der Waals surface area contributed by atoms with Crippen LogP contribution in [0.5, 0.6) is 5.75 Å². The molecule has 0 bridgehead atoms. The number of hydrogen-bond donors (Lipinski definition) is 6. The van der Waals surface area contributed by atoms with Crippen LogP contribution in [0.3, 0.4) is 0 Å². The van der Waals surface area contributed by atoms with Crippen LogP contribution in [0, 0.1) is 5.92 Å². The maximum atomic E-state index is 13.7. The monoisotopic (exact) mass is 1150 g/mol. The Labute approximate surface area is 447 Å². The second kappa shape index (κ2) is 26.1. The Kier molecular flexibility index (Phi) is 20.1. The number of rotatable bonds is 24. The molecule has 7 amide bonds. The van der Waals surface area contributed by atoms with Crippen LogP contribution in [0.4, 0.5) is 20.1 Å². The summed E-state index contributed by atoms with van der Waals surface area (Å²) in [6, 6.07) is 11.7. The first-order chi connectivity index (χ1) is 35.8. The number of anilines is 1. The van der Waals surface area contributed by atoms with E-state index in [9.17, 15) is 43.5 Å². The van der Waals surface area contributed by atoms with Gasteiger partial charge in [0.05, 0.1) is 29.0 Å². The first-order valence-electron chi connectivity index (χ1n) is 25.1. The van der Waals surface area contributed by atoms with Crippen LogP contribution in [0.2, 0.25) is 6.32 Å². The number of alkyl halides is 1. The van der Waals surface area contributed by atoms with Crippen molar-refractivity contribution in [2.24, 2.45) is 11.7 Å². The van der Waals surface area contributed by atoms with Crippen molar-refractivity contribution in [1.82, 2.24) is 33.5 Å². The summed E-state index contributed by atoms with van der Waals surface area (Å²) in [7, 11) is 8.62. The van der Waals surface area contributed by atoms with Gasteiger partial charge in [0.25, 0.3) is 5.56 Å². The summed E-state index contributed by atoms with van der Waals surface area (Å²) in [4.78, 5) is 111. The Balaban J connectivity index is 0.994. The van der Waals surface area contributed by atoms with Crippen molar-refractivity contribution in [2.45, 2.75) is 121 Å². The molecule has 2 aromatic carbocycles. The predicted molar refractivity (Wildman–Crippen MR) is 275 cm³/mol. The third kappa shape index (κ3) is 14.1. The number of halogens is 1. The van der Waals surface area contributed by atoms with E-state index < -0.39 is 67.1 Å². The van der Waals surface area contributed by atoms with Crippen molar-refractivity contribution in [3.05, 3.63) is 86.7 Å². The molecule has 4 aromatic rings. The van der Waals surface area contributed by atoms with E-state index in [1.807, 2.05) is 20.8 Å².